The summed E-state index contributed by atoms with van der Waals surface area (Å²) in [5.74, 6) is 1.71. The molecule has 4 aromatic rings. The summed E-state index contributed by atoms with van der Waals surface area (Å²) in [4.78, 5) is 20.6. The van der Waals surface area contributed by atoms with Crippen molar-refractivity contribution in [1.29, 1.82) is 0 Å². The second kappa shape index (κ2) is 10.6. The SMILES string of the molecule is COc1ccc(CO)cc1-c1nc2c(n1C(C)C)C(c1ccc(Cl)cc1C)N(c1cc(Cl)ccc1C)C(=O)N2. The lowest BCUT2D eigenvalue weighted by Gasteiger charge is -2.38. The van der Waals surface area contributed by atoms with Gasteiger partial charge in [0.25, 0.3) is 0 Å². The van der Waals surface area contributed by atoms with Gasteiger partial charge in [0.05, 0.1) is 30.7 Å². The number of aliphatic hydroxyl groups excluding tert-OH is 1. The fourth-order valence-corrected chi connectivity index (χ4v) is 5.66. The van der Waals surface area contributed by atoms with Crippen LogP contribution in [0.3, 0.4) is 0 Å². The number of carbonyl (C=O) groups excluding carboxylic acids is 1. The molecule has 1 aromatic heterocycles. The van der Waals surface area contributed by atoms with E-state index in [1.54, 1.807) is 12.0 Å². The molecule has 2 heterocycles. The number of fused-ring (bicyclic) bond motifs is 1. The van der Waals surface area contributed by atoms with E-state index in [1.807, 2.05) is 68.4 Å². The van der Waals surface area contributed by atoms with Gasteiger partial charge in [-0.05, 0) is 86.3 Å². The summed E-state index contributed by atoms with van der Waals surface area (Å²) in [6.07, 6.45) is 0. The molecular weight excluding hydrogens is 535 g/mol. The number of hydrogen-bond donors (Lipinski definition) is 2. The predicted octanol–water partition coefficient (Wildman–Crippen LogP) is 7.70. The number of imidazole rings is 1. The maximum absolute atomic E-state index is 13.9. The van der Waals surface area contributed by atoms with Crippen molar-refractivity contribution < 1.29 is 14.6 Å². The van der Waals surface area contributed by atoms with Crippen LogP contribution in [0.2, 0.25) is 10.0 Å². The number of aliphatic hydroxyl groups is 1. The molecule has 9 heteroatoms. The largest absolute Gasteiger partial charge is 0.496 e. The minimum Gasteiger partial charge on any atom is -0.496 e. The topological polar surface area (TPSA) is 79.6 Å². The van der Waals surface area contributed by atoms with Gasteiger partial charge in [0.2, 0.25) is 0 Å². The molecule has 1 atom stereocenters. The number of methoxy groups -OCH3 is 1. The van der Waals surface area contributed by atoms with Gasteiger partial charge in [-0.1, -0.05) is 41.4 Å². The minimum atomic E-state index is -0.529. The standard InChI is InChI=1S/C30H30Cl2N4O3/c1-16(2)35-27-26(22-10-9-20(31)12-18(22)4)36(24-14-21(32)8-6-17(24)3)30(38)34-28(27)33-29(35)23-13-19(15-37)7-11-25(23)39-5/h6-14,16,26,37H,15H2,1-5H3,(H,34,38). The van der Waals surface area contributed by atoms with Crippen LogP contribution < -0.4 is 15.0 Å². The Morgan fingerprint density at radius 2 is 1.74 bits per heavy atom. The molecule has 0 fully saturated rings. The van der Waals surface area contributed by atoms with E-state index >= 15 is 0 Å². The number of benzene rings is 3. The summed E-state index contributed by atoms with van der Waals surface area (Å²) in [6, 6.07) is 15.8. The van der Waals surface area contributed by atoms with Gasteiger partial charge in [-0.3, -0.25) is 10.2 Å². The molecule has 1 unspecified atom stereocenters. The van der Waals surface area contributed by atoms with E-state index in [9.17, 15) is 9.90 Å². The maximum atomic E-state index is 13.9. The highest BCUT2D eigenvalue weighted by Gasteiger charge is 2.41. The second-order valence-electron chi connectivity index (χ2n) is 9.96. The van der Waals surface area contributed by atoms with E-state index in [2.05, 4.69) is 23.7 Å². The highest BCUT2D eigenvalue weighted by molar-refractivity contribution is 6.31. The van der Waals surface area contributed by atoms with E-state index in [4.69, 9.17) is 32.9 Å². The van der Waals surface area contributed by atoms with E-state index in [-0.39, 0.29) is 18.7 Å². The number of halogens is 2. The number of amides is 2. The smallest absolute Gasteiger partial charge is 0.328 e. The van der Waals surface area contributed by atoms with Gasteiger partial charge in [-0.15, -0.1) is 0 Å². The molecule has 2 amide bonds. The van der Waals surface area contributed by atoms with Crippen molar-refractivity contribution in [3.8, 4) is 17.1 Å². The number of aromatic nitrogens is 2. The minimum absolute atomic E-state index is 0.0360. The Balaban J connectivity index is 1.85. The molecule has 0 saturated carbocycles. The summed E-state index contributed by atoms with van der Waals surface area (Å²) in [5.41, 5.74) is 5.73. The van der Waals surface area contributed by atoms with Crippen LogP contribution in [-0.4, -0.2) is 27.8 Å². The number of aryl methyl sites for hydroxylation is 2. The molecule has 2 N–H and O–H groups in total. The van der Waals surface area contributed by atoms with Crippen LogP contribution in [0.25, 0.3) is 11.4 Å². The van der Waals surface area contributed by atoms with Gasteiger partial charge >= 0.3 is 6.03 Å². The van der Waals surface area contributed by atoms with Crippen molar-refractivity contribution >= 4 is 40.7 Å². The van der Waals surface area contributed by atoms with Gasteiger partial charge in [-0.2, -0.15) is 0 Å². The van der Waals surface area contributed by atoms with Gasteiger partial charge in [-0.25, -0.2) is 9.78 Å². The first-order valence-electron chi connectivity index (χ1n) is 12.7. The number of rotatable bonds is 6. The highest BCUT2D eigenvalue weighted by atomic mass is 35.5. The summed E-state index contributed by atoms with van der Waals surface area (Å²) in [7, 11) is 1.60. The molecule has 0 saturated heterocycles. The quantitative estimate of drug-likeness (QED) is 0.251. The van der Waals surface area contributed by atoms with Gasteiger partial charge in [0.15, 0.2) is 5.82 Å². The molecule has 3 aromatic carbocycles. The molecule has 1 aliphatic rings. The fraction of sp³-hybridized carbons (Fsp3) is 0.267. The van der Waals surface area contributed by atoms with E-state index in [0.29, 0.717) is 33.1 Å². The predicted molar refractivity (Wildman–Crippen MR) is 156 cm³/mol. The molecule has 39 heavy (non-hydrogen) atoms. The summed E-state index contributed by atoms with van der Waals surface area (Å²) < 4.78 is 7.81. The van der Waals surface area contributed by atoms with Crippen LogP contribution in [0.4, 0.5) is 16.3 Å². The zero-order valence-corrected chi connectivity index (χ0v) is 23.9. The Morgan fingerprint density at radius 1 is 1.03 bits per heavy atom. The molecule has 202 valence electrons. The molecule has 5 rings (SSSR count). The van der Waals surface area contributed by atoms with Gasteiger partial charge < -0.3 is 14.4 Å². The number of ether oxygens (including phenoxy) is 1. The van der Waals surface area contributed by atoms with E-state index in [0.717, 1.165) is 33.5 Å². The highest BCUT2D eigenvalue weighted by Crippen LogP contribution is 2.46. The van der Waals surface area contributed by atoms with Crippen molar-refractivity contribution in [2.24, 2.45) is 0 Å². The zero-order valence-electron chi connectivity index (χ0n) is 22.4. The third-order valence-corrected chi connectivity index (χ3v) is 7.54. The monoisotopic (exact) mass is 564 g/mol. The van der Waals surface area contributed by atoms with Crippen LogP contribution >= 0.6 is 23.2 Å². The van der Waals surface area contributed by atoms with Crippen molar-refractivity contribution in [3.63, 3.8) is 0 Å². The average molecular weight is 566 g/mol. The first kappa shape index (κ1) is 27.1. The Kier molecular flexibility index (Phi) is 7.33. The Bertz CT molecular complexity index is 1580. The maximum Gasteiger partial charge on any atom is 0.328 e. The first-order valence-corrected chi connectivity index (χ1v) is 13.4. The van der Waals surface area contributed by atoms with Crippen molar-refractivity contribution in [2.45, 2.75) is 46.4 Å². The Morgan fingerprint density at radius 3 is 2.41 bits per heavy atom. The van der Waals surface area contributed by atoms with E-state index < -0.39 is 6.04 Å². The summed E-state index contributed by atoms with van der Waals surface area (Å²) in [5, 5.41) is 14.0. The number of carbonyl (C=O) groups is 1. The van der Waals surface area contributed by atoms with Crippen molar-refractivity contribution in [2.75, 3.05) is 17.3 Å². The average Bonchev–Trinajstić information content (AvgIpc) is 3.28. The number of nitrogens with one attached hydrogen (secondary N) is 1. The van der Waals surface area contributed by atoms with Crippen molar-refractivity contribution in [1.82, 2.24) is 9.55 Å². The first-order chi connectivity index (χ1) is 18.6. The van der Waals surface area contributed by atoms with Gasteiger partial charge in [0, 0.05) is 16.1 Å². The summed E-state index contributed by atoms with van der Waals surface area (Å²) >= 11 is 12.8. The van der Waals surface area contributed by atoms with Crippen LogP contribution in [0, 0.1) is 13.8 Å². The molecule has 1 aliphatic heterocycles. The second-order valence-corrected chi connectivity index (χ2v) is 10.8. The van der Waals surface area contributed by atoms with E-state index in [1.165, 1.54) is 0 Å². The van der Waals surface area contributed by atoms with Crippen molar-refractivity contribution in [3.05, 3.63) is 92.6 Å². The van der Waals surface area contributed by atoms with Crippen LogP contribution in [-0.2, 0) is 6.61 Å². The lowest BCUT2D eigenvalue weighted by Crippen LogP contribution is -2.44. The summed E-state index contributed by atoms with van der Waals surface area (Å²) in [6.45, 7) is 7.97. The normalized spacial score (nSPS) is 14.9. The Hall–Kier alpha value is -3.52. The lowest BCUT2D eigenvalue weighted by atomic mass is 9.94. The van der Waals surface area contributed by atoms with Crippen LogP contribution in [0.15, 0.2) is 54.6 Å². The lowest BCUT2D eigenvalue weighted by molar-refractivity contribution is 0.254. The Labute approximate surface area is 238 Å². The van der Waals surface area contributed by atoms with Gasteiger partial charge in [0.1, 0.15) is 17.6 Å². The number of nitrogens with zero attached hydrogens (tertiary/aromatic N) is 3. The third-order valence-electron chi connectivity index (χ3n) is 7.07. The molecule has 7 nitrogen and oxygen atoms in total. The van der Waals surface area contributed by atoms with Crippen LogP contribution in [0.1, 0.15) is 53.9 Å². The number of urea groups is 1. The molecule has 0 radical (unpaired) electrons. The van der Waals surface area contributed by atoms with Crippen LogP contribution in [0.5, 0.6) is 5.75 Å². The third kappa shape index (κ3) is 4.75. The molecule has 0 bridgehead atoms. The molecule has 0 spiro atoms. The zero-order chi connectivity index (χ0) is 28.0. The number of hydrogen-bond acceptors (Lipinski definition) is 4. The number of anilines is 2. The molecular formula is C30H30Cl2N4O3. The fourth-order valence-electron chi connectivity index (χ4n) is 5.26. The molecule has 0 aliphatic carbocycles.